The molecule has 8 nitrogen and oxygen atoms in total. The first-order valence-electron chi connectivity index (χ1n) is 8.89. The van der Waals surface area contributed by atoms with Gasteiger partial charge < -0.3 is 19.9 Å². The van der Waals surface area contributed by atoms with Gasteiger partial charge in [-0.25, -0.2) is 14.8 Å². The Balaban J connectivity index is 1.70. The standard InChI is InChI=1S/C19H23N5O3/c1-3-23-7-9-24(10-8-23)17-12-16(20-13-21-17)18(25)22-15-6-4-5-14(11-15)19(26)27-2/h4-6,11-13H,3,7-10H2,1-2H3,(H,22,25). The van der Waals surface area contributed by atoms with Gasteiger partial charge in [0.05, 0.1) is 12.7 Å². The Morgan fingerprint density at radius 3 is 2.63 bits per heavy atom. The fourth-order valence-electron chi connectivity index (χ4n) is 2.97. The van der Waals surface area contributed by atoms with Gasteiger partial charge in [0.25, 0.3) is 5.91 Å². The van der Waals surface area contributed by atoms with E-state index in [0.29, 0.717) is 11.3 Å². The molecule has 1 aromatic heterocycles. The number of carbonyl (C=O) groups excluding carboxylic acids is 2. The fraction of sp³-hybridized carbons (Fsp3) is 0.368. The molecule has 0 atom stereocenters. The number of methoxy groups -OCH3 is 1. The second-order valence-corrected chi connectivity index (χ2v) is 6.21. The van der Waals surface area contributed by atoms with Crippen molar-refractivity contribution in [3.05, 3.63) is 47.9 Å². The number of nitrogens with zero attached hydrogens (tertiary/aromatic N) is 4. The van der Waals surface area contributed by atoms with Crippen molar-refractivity contribution in [2.45, 2.75) is 6.92 Å². The fourth-order valence-corrected chi connectivity index (χ4v) is 2.97. The van der Waals surface area contributed by atoms with Gasteiger partial charge >= 0.3 is 5.97 Å². The van der Waals surface area contributed by atoms with E-state index in [1.807, 2.05) is 0 Å². The van der Waals surface area contributed by atoms with Gasteiger partial charge in [-0.1, -0.05) is 13.0 Å². The molecule has 27 heavy (non-hydrogen) atoms. The molecule has 142 valence electrons. The molecule has 0 unspecified atom stereocenters. The predicted octanol–water partition coefficient (Wildman–Crippen LogP) is 1.66. The number of likely N-dealkylation sites (N-methyl/N-ethyl adjacent to an activating group) is 1. The van der Waals surface area contributed by atoms with Crippen LogP contribution in [-0.4, -0.2) is 66.6 Å². The molecule has 1 aromatic carbocycles. The van der Waals surface area contributed by atoms with Gasteiger partial charge in [0.15, 0.2) is 0 Å². The minimum absolute atomic E-state index is 0.279. The van der Waals surface area contributed by atoms with E-state index in [2.05, 4.69) is 32.0 Å². The molecular weight excluding hydrogens is 346 g/mol. The average Bonchev–Trinajstić information content (AvgIpc) is 2.73. The molecule has 2 heterocycles. The molecule has 0 radical (unpaired) electrons. The Morgan fingerprint density at radius 2 is 1.93 bits per heavy atom. The molecular formula is C19H23N5O3. The molecule has 1 amide bonds. The number of aromatic nitrogens is 2. The first-order chi connectivity index (χ1) is 13.1. The number of nitrogens with one attached hydrogen (secondary N) is 1. The maximum Gasteiger partial charge on any atom is 0.337 e. The van der Waals surface area contributed by atoms with Crippen LogP contribution in [0.5, 0.6) is 0 Å². The SMILES string of the molecule is CCN1CCN(c2cc(C(=O)Nc3cccc(C(=O)OC)c3)ncn2)CC1. The van der Waals surface area contributed by atoms with Crippen LogP contribution in [0.15, 0.2) is 36.7 Å². The summed E-state index contributed by atoms with van der Waals surface area (Å²) in [6.07, 6.45) is 1.40. The zero-order valence-electron chi connectivity index (χ0n) is 15.5. The van der Waals surface area contributed by atoms with E-state index in [-0.39, 0.29) is 11.6 Å². The summed E-state index contributed by atoms with van der Waals surface area (Å²) < 4.78 is 4.70. The molecule has 8 heteroatoms. The lowest BCUT2D eigenvalue weighted by Gasteiger charge is -2.34. The highest BCUT2D eigenvalue weighted by Crippen LogP contribution is 2.16. The third-order valence-electron chi connectivity index (χ3n) is 4.57. The van der Waals surface area contributed by atoms with E-state index in [4.69, 9.17) is 4.74 Å². The van der Waals surface area contributed by atoms with Gasteiger partial charge in [-0.15, -0.1) is 0 Å². The van der Waals surface area contributed by atoms with E-state index in [1.54, 1.807) is 30.3 Å². The summed E-state index contributed by atoms with van der Waals surface area (Å²) in [5.41, 5.74) is 1.15. The number of ether oxygens (including phenoxy) is 1. The van der Waals surface area contributed by atoms with Crippen LogP contribution in [0.4, 0.5) is 11.5 Å². The van der Waals surface area contributed by atoms with Crippen molar-refractivity contribution >= 4 is 23.4 Å². The molecule has 0 saturated carbocycles. The Labute approximate surface area is 158 Å². The molecule has 1 aliphatic rings. The molecule has 2 aromatic rings. The van der Waals surface area contributed by atoms with Crippen LogP contribution in [0, 0.1) is 0 Å². The Morgan fingerprint density at radius 1 is 1.15 bits per heavy atom. The number of hydrogen-bond donors (Lipinski definition) is 1. The Hall–Kier alpha value is -3.00. The van der Waals surface area contributed by atoms with Gasteiger partial charge in [-0.3, -0.25) is 4.79 Å². The summed E-state index contributed by atoms with van der Waals surface area (Å²) in [5.74, 6) is -0.0660. The highest BCUT2D eigenvalue weighted by atomic mass is 16.5. The van der Waals surface area contributed by atoms with Crippen molar-refractivity contribution in [1.82, 2.24) is 14.9 Å². The van der Waals surface area contributed by atoms with E-state index in [9.17, 15) is 9.59 Å². The number of esters is 1. The Kier molecular flexibility index (Phi) is 5.97. The lowest BCUT2D eigenvalue weighted by molar-refractivity contribution is 0.0600. The van der Waals surface area contributed by atoms with Gasteiger partial charge in [0, 0.05) is 37.9 Å². The van der Waals surface area contributed by atoms with Crippen LogP contribution in [0.2, 0.25) is 0 Å². The lowest BCUT2D eigenvalue weighted by Crippen LogP contribution is -2.46. The smallest absolute Gasteiger partial charge is 0.337 e. The molecule has 1 N–H and O–H groups in total. The number of benzene rings is 1. The minimum atomic E-state index is -0.457. The van der Waals surface area contributed by atoms with Crippen LogP contribution < -0.4 is 10.2 Å². The van der Waals surface area contributed by atoms with E-state index < -0.39 is 5.97 Å². The predicted molar refractivity (Wildman–Crippen MR) is 102 cm³/mol. The summed E-state index contributed by atoms with van der Waals surface area (Å²) in [5, 5.41) is 2.76. The lowest BCUT2D eigenvalue weighted by atomic mass is 10.2. The van der Waals surface area contributed by atoms with Crippen molar-refractivity contribution in [2.24, 2.45) is 0 Å². The van der Waals surface area contributed by atoms with Crippen LogP contribution in [0.3, 0.4) is 0 Å². The number of rotatable bonds is 5. The largest absolute Gasteiger partial charge is 0.465 e. The third-order valence-corrected chi connectivity index (χ3v) is 4.57. The molecule has 3 rings (SSSR count). The van der Waals surface area contributed by atoms with Crippen LogP contribution in [-0.2, 0) is 4.74 Å². The maximum atomic E-state index is 12.6. The molecule has 0 spiro atoms. The van der Waals surface area contributed by atoms with Crippen molar-refractivity contribution in [3.8, 4) is 0 Å². The van der Waals surface area contributed by atoms with Crippen molar-refractivity contribution in [1.29, 1.82) is 0 Å². The quantitative estimate of drug-likeness (QED) is 0.802. The molecule has 0 bridgehead atoms. The number of hydrogen-bond acceptors (Lipinski definition) is 7. The first-order valence-corrected chi connectivity index (χ1v) is 8.89. The molecule has 1 fully saturated rings. The van der Waals surface area contributed by atoms with E-state index >= 15 is 0 Å². The van der Waals surface area contributed by atoms with E-state index in [1.165, 1.54) is 13.4 Å². The summed E-state index contributed by atoms with van der Waals surface area (Å²) in [4.78, 5) is 37.1. The normalized spacial score (nSPS) is 14.7. The van der Waals surface area contributed by atoms with Crippen molar-refractivity contribution in [2.75, 3.05) is 50.1 Å². The number of anilines is 2. The average molecular weight is 369 g/mol. The van der Waals surface area contributed by atoms with Crippen LogP contribution >= 0.6 is 0 Å². The summed E-state index contributed by atoms with van der Waals surface area (Å²) in [6.45, 7) is 6.87. The Bertz CT molecular complexity index is 818. The minimum Gasteiger partial charge on any atom is -0.465 e. The summed E-state index contributed by atoms with van der Waals surface area (Å²) in [6, 6.07) is 8.27. The van der Waals surface area contributed by atoms with Gasteiger partial charge in [0.2, 0.25) is 0 Å². The summed E-state index contributed by atoms with van der Waals surface area (Å²) in [7, 11) is 1.32. The number of piperazine rings is 1. The van der Waals surface area contributed by atoms with Crippen molar-refractivity contribution < 1.29 is 14.3 Å². The maximum absolute atomic E-state index is 12.6. The zero-order valence-corrected chi connectivity index (χ0v) is 15.5. The van der Waals surface area contributed by atoms with Gasteiger partial charge in [0.1, 0.15) is 17.8 Å². The number of amides is 1. The summed E-state index contributed by atoms with van der Waals surface area (Å²) >= 11 is 0. The van der Waals surface area contributed by atoms with Crippen LogP contribution in [0.1, 0.15) is 27.8 Å². The van der Waals surface area contributed by atoms with Gasteiger partial charge in [-0.05, 0) is 24.7 Å². The van der Waals surface area contributed by atoms with E-state index in [0.717, 1.165) is 38.5 Å². The second kappa shape index (κ2) is 8.59. The third kappa shape index (κ3) is 4.59. The topological polar surface area (TPSA) is 87.7 Å². The highest BCUT2D eigenvalue weighted by Gasteiger charge is 2.18. The first kappa shape index (κ1) is 18.8. The molecule has 0 aliphatic carbocycles. The van der Waals surface area contributed by atoms with Crippen LogP contribution in [0.25, 0.3) is 0 Å². The van der Waals surface area contributed by atoms with Gasteiger partial charge in [-0.2, -0.15) is 0 Å². The molecule has 1 aliphatic heterocycles. The monoisotopic (exact) mass is 369 g/mol. The molecule has 1 saturated heterocycles. The zero-order chi connectivity index (χ0) is 19.2. The number of carbonyl (C=O) groups is 2. The second-order valence-electron chi connectivity index (χ2n) is 6.21. The van der Waals surface area contributed by atoms with Crippen molar-refractivity contribution in [3.63, 3.8) is 0 Å². The highest BCUT2D eigenvalue weighted by molar-refractivity contribution is 6.03.